The zero-order chi connectivity index (χ0) is 11.1. The maximum absolute atomic E-state index is 5.63. The number of hydrogen-bond acceptors (Lipinski definition) is 1. The summed E-state index contributed by atoms with van der Waals surface area (Å²) >= 11 is 0. The summed E-state index contributed by atoms with van der Waals surface area (Å²) in [4.78, 5) is 2.40. The Morgan fingerprint density at radius 3 is 2.27 bits per heavy atom. The van der Waals surface area contributed by atoms with Crippen LogP contribution in [0.1, 0.15) is 32.3 Å². The van der Waals surface area contributed by atoms with Gasteiger partial charge in [0.05, 0.1) is 0 Å². The molecule has 0 fully saturated rings. The van der Waals surface area contributed by atoms with Gasteiger partial charge in [-0.2, -0.15) is 0 Å². The second kappa shape index (κ2) is 6.28. The molecule has 0 aromatic heterocycles. The van der Waals surface area contributed by atoms with E-state index in [9.17, 15) is 0 Å². The second-order valence-electron chi connectivity index (χ2n) is 3.71. The Balaban J connectivity index is 2.92. The summed E-state index contributed by atoms with van der Waals surface area (Å²) in [5, 5.41) is 0. The van der Waals surface area contributed by atoms with Crippen molar-refractivity contribution in [2.24, 2.45) is 0 Å². The molecule has 0 aliphatic carbocycles. The molecule has 0 saturated carbocycles. The molecule has 15 heavy (non-hydrogen) atoms. The predicted octanol–water partition coefficient (Wildman–Crippen LogP) is 3.76. The van der Waals surface area contributed by atoms with Gasteiger partial charge in [0.1, 0.15) is 0 Å². The molecule has 1 nitrogen and oxygen atoms in total. The molecule has 0 aliphatic heterocycles. The number of nitrogens with zero attached hydrogens (tertiary/aromatic N) is 1. The Labute approximate surface area is 93.4 Å². The van der Waals surface area contributed by atoms with Crippen LogP contribution in [0.3, 0.4) is 0 Å². The Morgan fingerprint density at radius 2 is 1.73 bits per heavy atom. The second-order valence-corrected chi connectivity index (χ2v) is 3.71. The van der Waals surface area contributed by atoms with Crippen LogP contribution in [0, 0.1) is 6.58 Å². The van der Waals surface area contributed by atoms with Crippen molar-refractivity contribution in [3.8, 4) is 0 Å². The summed E-state index contributed by atoms with van der Waals surface area (Å²) in [5.74, 6) is 0. The first-order valence-corrected chi connectivity index (χ1v) is 5.72. The van der Waals surface area contributed by atoms with E-state index in [0.717, 1.165) is 18.7 Å². The summed E-state index contributed by atoms with van der Waals surface area (Å²) in [6, 6.07) is 8.30. The van der Waals surface area contributed by atoms with E-state index in [2.05, 4.69) is 36.9 Å². The maximum atomic E-state index is 5.63. The Kier molecular flexibility index (Phi) is 4.96. The van der Waals surface area contributed by atoms with Crippen LogP contribution >= 0.6 is 0 Å². The molecule has 0 saturated heterocycles. The number of rotatable bonds is 6. The molecule has 0 spiro atoms. The van der Waals surface area contributed by atoms with Gasteiger partial charge in [0.25, 0.3) is 0 Å². The van der Waals surface area contributed by atoms with E-state index in [0.29, 0.717) is 0 Å². The molecule has 0 amide bonds. The van der Waals surface area contributed by atoms with Crippen molar-refractivity contribution in [3.63, 3.8) is 0 Å². The monoisotopic (exact) mass is 202 g/mol. The van der Waals surface area contributed by atoms with Gasteiger partial charge in [-0.25, -0.2) is 0 Å². The van der Waals surface area contributed by atoms with Gasteiger partial charge in [0, 0.05) is 18.8 Å². The summed E-state index contributed by atoms with van der Waals surface area (Å²) in [5.41, 5.74) is 2.38. The number of hydrogen-bond donors (Lipinski definition) is 0. The highest BCUT2D eigenvalue weighted by Gasteiger charge is 2.06. The molecule has 81 valence electrons. The Morgan fingerprint density at radius 1 is 1.13 bits per heavy atom. The molecule has 0 bridgehead atoms. The summed E-state index contributed by atoms with van der Waals surface area (Å²) < 4.78 is 0. The van der Waals surface area contributed by atoms with Gasteiger partial charge in [-0.05, 0) is 24.5 Å². The topological polar surface area (TPSA) is 3.24 Å². The van der Waals surface area contributed by atoms with Crippen LogP contribution in [0.25, 0.3) is 6.08 Å². The third kappa shape index (κ3) is 3.12. The molecular formula is C14H20N. The van der Waals surface area contributed by atoms with Crippen LogP contribution < -0.4 is 4.90 Å². The largest absolute Gasteiger partial charge is 0.371 e. The third-order valence-electron chi connectivity index (χ3n) is 2.44. The molecule has 1 aromatic carbocycles. The minimum atomic E-state index is 1.10. The molecule has 1 rings (SSSR count). The van der Waals surface area contributed by atoms with Crippen molar-refractivity contribution in [3.05, 3.63) is 36.4 Å². The van der Waals surface area contributed by atoms with Crippen molar-refractivity contribution in [2.45, 2.75) is 26.7 Å². The van der Waals surface area contributed by atoms with Gasteiger partial charge in [-0.1, -0.05) is 44.7 Å². The van der Waals surface area contributed by atoms with Crippen LogP contribution in [0.15, 0.2) is 24.3 Å². The van der Waals surface area contributed by atoms with Crippen molar-refractivity contribution in [1.29, 1.82) is 0 Å². The van der Waals surface area contributed by atoms with E-state index in [1.54, 1.807) is 6.08 Å². The lowest BCUT2D eigenvalue weighted by Gasteiger charge is -2.25. The first-order valence-electron chi connectivity index (χ1n) is 5.72. The molecule has 1 heteroatoms. The van der Waals surface area contributed by atoms with E-state index in [4.69, 9.17) is 6.58 Å². The van der Waals surface area contributed by atoms with Crippen LogP contribution in [0.5, 0.6) is 0 Å². The molecule has 1 radical (unpaired) electrons. The Hall–Kier alpha value is -1.24. The first-order chi connectivity index (χ1) is 7.33. The molecule has 0 atom stereocenters. The van der Waals surface area contributed by atoms with Crippen molar-refractivity contribution >= 4 is 11.8 Å². The molecular weight excluding hydrogens is 182 g/mol. The quantitative estimate of drug-likeness (QED) is 0.679. The highest BCUT2D eigenvalue weighted by Crippen LogP contribution is 2.21. The fourth-order valence-electron chi connectivity index (χ4n) is 1.81. The van der Waals surface area contributed by atoms with E-state index >= 15 is 0 Å². The predicted molar refractivity (Wildman–Crippen MR) is 68.0 cm³/mol. The van der Waals surface area contributed by atoms with Crippen LogP contribution in [0.4, 0.5) is 5.69 Å². The van der Waals surface area contributed by atoms with Crippen LogP contribution in [-0.4, -0.2) is 13.1 Å². The van der Waals surface area contributed by atoms with Gasteiger partial charge < -0.3 is 4.90 Å². The SMILES string of the molecule is [CH]=Cc1ccccc1N(CCC)CCC. The fourth-order valence-corrected chi connectivity index (χ4v) is 1.81. The first kappa shape index (κ1) is 11.8. The van der Waals surface area contributed by atoms with Crippen molar-refractivity contribution < 1.29 is 0 Å². The van der Waals surface area contributed by atoms with Gasteiger partial charge in [-0.3, -0.25) is 0 Å². The van der Waals surface area contributed by atoms with Gasteiger partial charge in [-0.15, -0.1) is 0 Å². The molecule has 0 aliphatic rings. The minimum Gasteiger partial charge on any atom is -0.371 e. The van der Waals surface area contributed by atoms with E-state index in [1.165, 1.54) is 18.5 Å². The van der Waals surface area contributed by atoms with Crippen molar-refractivity contribution in [2.75, 3.05) is 18.0 Å². The van der Waals surface area contributed by atoms with Gasteiger partial charge in [0.15, 0.2) is 0 Å². The lowest BCUT2D eigenvalue weighted by Crippen LogP contribution is -2.25. The summed E-state index contributed by atoms with van der Waals surface area (Å²) in [6.45, 7) is 12.2. The summed E-state index contributed by atoms with van der Waals surface area (Å²) in [6.07, 6.45) is 4.02. The normalized spacial score (nSPS) is 10.0. The maximum Gasteiger partial charge on any atom is 0.0439 e. The summed E-state index contributed by atoms with van der Waals surface area (Å²) in [7, 11) is 0. The minimum absolute atomic E-state index is 1.10. The molecule has 0 N–H and O–H groups in total. The van der Waals surface area contributed by atoms with E-state index in [-0.39, 0.29) is 0 Å². The number of benzene rings is 1. The van der Waals surface area contributed by atoms with Gasteiger partial charge in [0.2, 0.25) is 0 Å². The fraction of sp³-hybridized carbons (Fsp3) is 0.429. The lowest BCUT2D eigenvalue weighted by molar-refractivity contribution is 0.744. The molecule has 1 aromatic rings. The zero-order valence-electron chi connectivity index (χ0n) is 9.74. The molecule has 0 unspecified atom stereocenters. The average molecular weight is 202 g/mol. The Bertz CT molecular complexity index is 298. The smallest absolute Gasteiger partial charge is 0.0439 e. The van der Waals surface area contributed by atoms with Crippen LogP contribution in [0.2, 0.25) is 0 Å². The third-order valence-corrected chi connectivity index (χ3v) is 2.44. The molecule has 0 heterocycles. The highest BCUT2D eigenvalue weighted by molar-refractivity contribution is 5.66. The van der Waals surface area contributed by atoms with Crippen LogP contribution in [-0.2, 0) is 0 Å². The van der Waals surface area contributed by atoms with E-state index in [1.807, 2.05) is 6.07 Å². The number of anilines is 1. The standard InChI is InChI=1S/C14H20N/c1-4-11-15(12-5-2)14-10-8-7-9-13(14)6-3/h3,6-10H,4-5,11-12H2,1-2H3. The van der Waals surface area contributed by atoms with Crippen molar-refractivity contribution in [1.82, 2.24) is 0 Å². The zero-order valence-corrected chi connectivity index (χ0v) is 9.74. The average Bonchev–Trinajstić information content (AvgIpc) is 2.29. The van der Waals surface area contributed by atoms with E-state index < -0.39 is 0 Å². The van der Waals surface area contributed by atoms with Gasteiger partial charge >= 0.3 is 0 Å². The number of para-hydroxylation sites is 1. The highest BCUT2D eigenvalue weighted by atomic mass is 15.1. The lowest BCUT2D eigenvalue weighted by atomic mass is 10.1.